The maximum Gasteiger partial charge on any atom is 0.115 e. The molecule has 0 aromatic carbocycles. The SMILES string of the molecule is CCNC(c1ccc(C)s1)c1nc2c(s1)CCC2. The second-order valence-electron chi connectivity index (χ2n) is 4.71. The van der Waals surface area contributed by atoms with Gasteiger partial charge in [-0.05, 0) is 44.9 Å². The van der Waals surface area contributed by atoms with E-state index in [1.54, 1.807) is 0 Å². The van der Waals surface area contributed by atoms with Crippen LogP contribution < -0.4 is 5.32 Å². The zero-order chi connectivity index (χ0) is 12.5. The quantitative estimate of drug-likeness (QED) is 0.922. The van der Waals surface area contributed by atoms with Gasteiger partial charge in [0, 0.05) is 14.6 Å². The van der Waals surface area contributed by atoms with Crippen LogP contribution in [-0.4, -0.2) is 11.5 Å². The molecule has 0 spiro atoms. The van der Waals surface area contributed by atoms with Crippen molar-refractivity contribution in [2.75, 3.05) is 6.54 Å². The summed E-state index contributed by atoms with van der Waals surface area (Å²) in [6.07, 6.45) is 3.70. The lowest BCUT2D eigenvalue weighted by atomic mass is 10.2. The fourth-order valence-corrected chi connectivity index (χ4v) is 4.74. The zero-order valence-corrected chi connectivity index (χ0v) is 12.5. The van der Waals surface area contributed by atoms with E-state index in [-0.39, 0.29) is 0 Å². The number of hydrogen-bond donors (Lipinski definition) is 1. The second kappa shape index (κ2) is 5.11. The minimum absolute atomic E-state index is 0.296. The highest BCUT2D eigenvalue weighted by Crippen LogP contribution is 2.35. The van der Waals surface area contributed by atoms with Crippen molar-refractivity contribution in [3.8, 4) is 0 Å². The Bertz CT molecular complexity index is 520. The first kappa shape index (κ1) is 12.3. The Labute approximate surface area is 116 Å². The molecule has 0 bridgehead atoms. The van der Waals surface area contributed by atoms with Crippen LogP contribution in [-0.2, 0) is 12.8 Å². The first-order valence-electron chi connectivity index (χ1n) is 6.56. The van der Waals surface area contributed by atoms with Gasteiger partial charge in [-0.2, -0.15) is 0 Å². The Morgan fingerprint density at radius 3 is 2.89 bits per heavy atom. The molecule has 1 unspecified atom stereocenters. The van der Waals surface area contributed by atoms with Crippen LogP contribution in [0, 0.1) is 6.92 Å². The van der Waals surface area contributed by atoms with Crippen LogP contribution in [0.4, 0.5) is 0 Å². The van der Waals surface area contributed by atoms with E-state index in [0.717, 1.165) is 6.54 Å². The number of nitrogens with zero attached hydrogens (tertiary/aromatic N) is 1. The Morgan fingerprint density at radius 2 is 2.22 bits per heavy atom. The highest BCUT2D eigenvalue weighted by Gasteiger charge is 2.23. The Kier molecular flexibility index (Phi) is 3.50. The van der Waals surface area contributed by atoms with Crippen molar-refractivity contribution in [1.29, 1.82) is 0 Å². The third-order valence-electron chi connectivity index (χ3n) is 3.31. The number of nitrogens with one attached hydrogen (secondary N) is 1. The van der Waals surface area contributed by atoms with E-state index < -0.39 is 0 Å². The van der Waals surface area contributed by atoms with Gasteiger partial charge in [0.1, 0.15) is 5.01 Å². The summed E-state index contributed by atoms with van der Waals surface area (Å²) in [5.41, 5.74) is 1.35. The van der Waals surface area contributed by atoms with E-state index in [1.165, 1.54) is 44.6 Å². The number of thiophene rings is 1. The molecule has 2 heterocycles. The number of thiazole rings is 1. The average molecular weight is 278 g/mol. The minimum Gasteiger partial charge on any atom is -0.304 e. The van der Waals surface area contributed by atoms with Gasteiger partial charge in [0.25, 0.3) is 0 Å². The zero-order valence-electron chi connectivity index (χ0n) is 10.8. The molecule has 0 saturated heterocycles. The Hall–Kier alpha value is -0.710. The smallest absolute Gasteiger partial charge is 0.115 e. The summed E-state index contributed by atoms with van der Waals surface area (Å²) in [6, 6.07) is 4.73. The highest BCUT2D eigenvalue weighted by atomic mass is 32.1. The molecule has 2 nitrogen and oxygen atoms in total. The predicted octanol–water partition coefficient (Wildman–Crippen LogP) is 3.70. The van der Waals surface area contributed by atoms with Crippen LogP contribution in [0.1, 0.15) is 44.7 Å². The maximum absolute atomic E-state index is 4.86. The molecule has 0 aliphatic heterocycles. The molecule has 1 atom stereocenters. The van der Waals surface area contributed by atoms with E-state index in [4.69, 9.17) is 4.98 Å². The molecular weight excluding hydrogens is 260 g/mol. The number of aromatic nitrogens is 1. The monoisotopic (exact) mass is 278 g/mol. The maximum atomic E-state index is 4.86. The summed E-state index contributed by atoms with van der Waals surface area (Å²) < 4.78 is 0. The van der Waals surface area contributed by atoms with Crippen LogP contribution in [0.5, 0.6) is 0 Å². The van der Waals surface area contributed by atoms with E-state index in [2.05, 4.69) is 31.3 Å². The lowest BCUT2D eigenvalue weighted by molar-refractivity contribution is 0.634. The van der Waals surface area contributed by atoms with E-state index >= 15 is 0 Å². The number of hydrogen-bond acceptors (Lipinski definition) is 4. The third-order valence-corrected chi connectivity index (χ3v) is 5.60. The lowest BCUT2D eigenvalue weighted by Crippen LogP contribution is -2.21. The molecule has 18 heavy (non-hydrogen) atoms. The van der Waals surface area contributed by atoms with Crippen molar-refractivity contribution in [2.45, 2.75) is 39.2 Å². The normalized spacial score (nSPS) is 15.9. The molecule has 2 aromatic rings. The summed E-state index contributed by atoms with van der Waals surface area (Å²) in [5, 5.41) is 4.83. The van der Waals surface area contributed by atoms with Gasteiger partial charge in [0.15, 0.2) is 0 Å². The summed E-state index contributed by atoms with van der Waals surface area (Å²) in [6.45, 7) is 5.31. The van der Waals surface area contributed by atoms with E-state index in [1.807, 2.05) is 22.7 Å². The molecule has 1 aliphatic carbocycles. The molecule has 3 rings (SSSR count). The molecule has 1 aliphatic rings. The predicted molar refractivity (Wildman–Crippen MR) is 78.7 cm³/mol. The summed E-state index contributed by atoms with van der Waals surface area (Å²) in [4.78, 5) is 9.14. The highest BCUT2D eigenvalue weighted by molar-refractivity contribution is 7.13. The number of aryl methyl sites for hydroxylation is 3. The van der Waals surface area contributed by atoms with Crippen LogP contribution in [0.15, 0.2) is 12.1 Å². The largest absolute Gasteiger partial charge is 0.304 e. The van der Waals surface area contributed by atoms with Crippen molar-refractivity contribution in [2.24, 2.45) is 0 Å². The van der Waals surface area contributed by atoms with Gasteiger partial charge < -0.3 is 5.32 Å². The van der Waals surface area contributed by atoms with Crippen molar-refractivity contribution >= 4 is 22.7 Å². The molecule has 1 N–H and O–H groups in total. The van der Waals surface area contributed by atoms with Crippen molar-refractivity contribution in [3.05, 3.63) is 37.5 Å². The molecule has 4 heteroatoms. The Balaban J connectivity index is 1.93. The molecule has 0 fully saturated rings. The number of fused-ring (bicyclic) bond motifs is 1. The second-order valence-corrected chi connectivity index (χ2v) is 7.15. The fraction of sp³-hybridized carbons (Fsp3) is 0.500. The average Bonchev–Trinajstić information content (AvgIpc) is 3.00. The van der Waals surface area contributed by atoms with E-state index in [0.29, 0.717) is 6.04 Å². The first-order chi connectivity index (χ1) is 8.78. The van der Waals surface area contributed by atoms with E-state index in [9.17, 15) is 0 Å². The van der Waals surface area contributed by atoms with Gasteiger partial charge in [-0.1, -0.05) is 6.92 Å². The molecule has 2 aromatic heterocycles. The van der Waals surface area contributed by atoms with Crippen molar-refractivity contribution in [3.63, 3.8) is 0 Å². The Morgan fingerprint density at radius 1 is 1.33 bits per heavy atom. The lowest BCUT2D eigenvalue weighted by Gasteiger charge is -2.13. The van der Waals surface area contributed by atoms with Gasteiger partial charge in [0.2, 0.25) is 0 Å². The van der Waals surface area contributed by atoms with Gasteiger partial charge >= 0.3 is 0 Å². The molecule has 0 radical (unpaired) electrons. The van der Waals surface area contributed by atoms with Gasteiger partial charge in [-0.25, -0.2) is 4.98 Å². The van der Waals surface area contributed by atoms with Crippen LogP contribution in [0.2, 0.25) is 0 Å². The first-order valence-corrected chi connectivity index (χ1v) is 8.19. The standard InChI is InChI=1S/C14H18N2S2/c1-3-15-13(12-8-7-9(2)17-12)14-16-10-5-4-6-11(10)18-14/h7-8,13,15H,3-6H2,1-2H3. The summed E-state index contributed by atoms with van der Waals surface area (Å²) in [7, 11) is 0. The summed E-state index contributed by atoms with van der Waals surface area (Å²) >= 11 is 3.78. The van der Waals surface area contributed by atoms with Gasteiger partial charge in [0.05, 0.1) is 11.7 Å². The minimum atomic E-state index is 0.296. The van der Waals surface area contributed by atoms with Crippen molar-refractivity contribution in [1.82, 2.24) is 10.3 Å². The van der Waals surface area contributed by atoms with Crippen LogP contribution >= 0.6 is 22.7 Å². The molecule has 0 saturated carbocycles. The number of rotatable bonds is 4. The van der Waals surface area contributed by atoms with Crippen LogP contribution in [0.25, 0.3) is 0 Å². The molecular formula is C14H18N2S2. The molecule has 0 amide bonds. The van der Waals surface area contributed by atoms with Gasteiger partial charge in [-0.3, -0.25) is 0 Å². The third kappa shape index (κ3) is 2.25. The van der Waals surface area contributed by atoms with Gasteiger partial charge in [-0.15, -0.1) is 22.7 Å². The van der Waals surface area contributed by atoms with Crippen molar-refractivity contribution < 1.29 is 0 Å². The molecule has 96 valence electrons. The summed E-state index contributed by atoms with van der Waals surface area (Å²) in [5.74, 6) is 0. The fourth-order valence-electron chi connectivity index (χ4n) is 2.46. The topological polar surface area (TPSA) is 24.9 Å². The van der Waals surface area contributed by atoms with Crippen LogP contribution in [0.3, 0.4) is 0 Å².